The van der Waals surface area contributed by atoms with Gasteiger partial charge in [0.1, 0.15) is 16.4 Å². The molecule has 2 aromatic heterocycles. The van der Waals surface area contributed by atoms with E-state index in [1.807, 2.05) is 24.5 Å². The minimum Gasteiger partial charge on any atom is -0.465 e. The highest BCUT2D eigenvalue weighted by Gasteiger charge is 2.24. The summed E-state index contributed by atoms with van der Waals surface area (Å²) in [5.74, 6) is 1.38. The summed E-state index contributed by atoms with van der Waals surface area (Å²) in [5, 5.41) is 0. The summed E-state index contributed by atoms with van der Waals surface area (Å²) in [6.45, 7) is 4.97. The van der Waals surface area contributed by atoms with E-state index in [1.165, 1.54) is 4.31 Å². The average molecular weight is 311 g/mol. The first-order chi connectivity index (χ1) is 9.88. The number of hydrogen-bond donors (Lipinski definition) is 1. The van der Waals surface area contributed by atoms with E-state index in [0.29, 0.717) is 18.8 Å². The fourth-order valence-corrected chi connectivity index (χ4v) is 3.39. The molecule has 0 saturated heterocycles. The highest BCUT2D eigenvalue weighted by atomic mass is 32.2. The van der Waals surface area contributed by atoms with Gasteiger partial charge in [-0.3, -0.25) is 0 Å². The molecule has 21 heavy (non-hydrogen) atoms. The SMILES string of the molecule is CCn1cc(S(=O)(=O)N(C)Cc2ccc(C)o2)cc1CN. The molecular formula is C14H21N3O3S. The van der Waals surface area contributed by atoms with E-state index in [1.54, 1.807) is 25.4 Å². The number of nitrogens with two attached hydrogens (primary N) is 1. The lowest BCUT2D eigenvalue weighted by Gasteiger charge is -2.14. The van der Waals surface area contributed by atoms with Crippen molar-refractivity contribution in [2.24, 2.45) is 5.73 Å². The van der Waals surface area contributed by atoms with Gasteiger partial charge in [-0.1, -0.05) is 0 Å². The van der Waals surface area contributed by atoms with Crippen LogP contribution in [0.15, 0.2) is 33.7 Å². The van der Waals surface area contributed by atoms with Gasteiger partial charge in [-0.2, -0.15) is 4.31 Å². The van der Waals surface area contributed by atoms with E-state index >= 15 is 0 Å². The zero-order chi connectivity index (χ0) is 15.6. The summed E-state index contributed by atoms with van der Waals surface area (Å²) >= 11 is 0. The molecule has 2 aromatic rings. The van der Waals surface area contributed by atoms with Crippen LogP contribution in [0.5, 0.6) is 0 Å². The molecule has 0 amide bonds. The molecule has 0 saturated carbocycles. The summed E-state index contributed by atoms with van der Waals surface area (Å²) in [7, 11) is -2.01. The monoisotopic (exact) mass is 311 g/mol. The van der Waals surface area contributed by atoms with Gasteiger partial charge in [0, 0.05) is 32.0 Å². The summed E-state index contributed by atoms with van der Waals surface area (Å²) in [5.41, 5.74) is 6.44. The van der Waals surface area contributed by atoms with Gasteiger partial charge in [-0.25, -0.2) is 8.42 Å². The summed E-state index contributed by atoms with van der Waals surface area (Å²) in [6, 6.07) is 5.22. The number of aryl methyl sites for hydroxylation is 2. The maximum Gasteiger partial charge on any atom is 0.244 e. The van der Waals surface area contributed by atoms with E-state index < -0.39 is 10.0 Å². The van der Waals surface area contributed by atoms with Crippen LogP contribution in [0.4, 0.5) is 0 Å². The fourth-order valence-electron chi connectivity index (χ4n) is 2.19. The molecular weight excluding hydrogens is 290 g/mol. The van der Waals surface area contributed by atoms with Gasteiger partial charge < -0.3 is 14.7 Å². The fraction of sp³-hybridized carbons (Fsp3) is 0.429. The molecule has 0 radical (unpaired) electrons. The molecule has 0 aliphatic carbocycles. The lowest BCUT2D eigenvalue weighted by Crippen LogP contribution is -2.26. The predicted molar refractivity (Wildman–Crippen MR) is 80.1 cm³/mol. The predicted octanol–water partition coefficient (Wildman–Crippen LogP) is 1.69. The van der Waals surface area contributed by atoms with Crippen LogP contribution in [-0.2, 0) is 29.7 Å². The molecule has 2 rings (SSSR count). The summed E-state index contributed by atoms with van der Waals surface area (Å²) in [4.78, 5) is 0.260. The zero-order valence-corrected chi connectivity index (χ0v) is 13.4. The smallest absolute Gasteiger partial charge is 0.244 e. The highest BCUT2D eigenvalue weighted by molar-refractivity contribution is 7.89. The van der Waals surface area contributed by atoms with Crippen molar-refractivity contribution in [1.82, 2.24) is 8.87 Å². The number of sulfonamides is 1. The largest absolute Gasteiger partial charge is 0.465 e. The maximum absolute atomic E-state index is 12.6. The van der Waals surface area contributed by atoms with Gasteiger partial charge in [0.25, 0.3) is 0 Å². The molecule has 0 unspecified atom stereocenters. The Morgan fingerprint density at radius 3 is 2.57 bits per heavy atom. The molecule has 0 aromatic carbocycles. The molecule has 0 bridgehead atoms. The van der Waals surface area contributed by atoms with Crippen LogP contribution in [0.25, 0.3) is 0 Å². The minimum absolute atomic E-state index is 0.200. The van der Waals surface area contributed by atoms with Crippen LogP contribution < -0.4 is 5.73 Å². The Hall–Kier alpha value is -1.57. The van der Waals surface area contributed by atoms with Crippen molar-refractivity contribution in [1.29, 1.82) is 0 Å². The van der Waals surface area contributed by atoms with Gasteiger partial charge in [-0.15, -0.1) is 0 Å². The molecule has 2 N–H and O–H groups in total. The molecule has 0 spiro atoms. The van der Waals surface area contributed by atoms with Crippen LogP contribution in [0.1, 0.15) is 24.1 Å². The standard InChI is InChI=1S/C14H21N3O3S/c1-4-17-10-14(7-12(17)8-15)21(18,19)16(3)9-13-6-5-11(2)20-13/h5-7,10H,4,8-9,15H2,1-3H3. The van der Waals surface area contributed by atoms with Gasteiger partial charge >= 0.3 is 0 Å². The molecule has 0 aliphatic rings. The molecule has 7 heteroatoms. The van der Waals surface area contributed by atoms with Crippen LogP contribution >= 0.6 is 0 Å². The summed E-state index contributed by atoms with van der Waals surface area (Å²) in [6.07, 6.45) is 1.63. The van der Waals surface area contributed by atoms with Crippen LogP contribution in [0.2, 0.25) is 0 Å². The minimum atomic E-state index is -3.55. The Morgan fingerprint density at radius 2 is 2.10 bits per heavy atom. The lowest BCUT2D eigenvalue weighted by molar-refractivity contribution is 0.397. The highest BCUT2D eigenvalue weighted by Crippen LogP contribution is 2.20. The van der Waals surface area contributed by atoms with E-state index in [4.69, 9.17) is 10.2 Å². The van der Waals surface area contributed by atoms with Crippen molar-refractivity contribution >= 4 is 10.0 Å². The third kappa shape index (κ3) is 3.20. The van der Waals surface area contributed by atoms with Crippen molar-refractivity contribution in [2.45, 2.75) is 38.4 Å². The number of nitrogens with zero attached hydrogens (tertiary/aromatic N) is 2. The third-order valence-electron chi connectivity index (χ3n) is 3.39. The first-order valence-corrected chi connectivity index (χ1v) is 8.23. The van der Waals surface area contributed by atoms with Crippen molar-refractivity contribution in [3.63, 3.8) is 0 Å². The van der Waals surface area contributed by atoms with Crippen LogP contribution in [0.3, 0.4) is 0 Å². The van der Waals surface area contributed by atoms with Crippen molar-refractivity contribution in [3.05, 3.63) is 41.6 Å². The van der Waals surface area contributed by atoms with Gasteiger partial charge in [0.05, 0.1) is 6.54 Å². The van der Waals surface area contributed by atoms with E-state index in [9.17, 15) is 8.42 Å². The van der Waals surface area contributed by atoms with Crippen LogP contribution in [0, 0.1) is 6.92 Å². The number of aromatic nitrogens is 1. The second-order valence-electron chi connectivity index (χ2n) is 4.93. The number of rotatable bonds is 6. The second kappa shape index (κ2) is 6.05. The number of hydrogen-bond acceptors (Lipinski definition) is 4. The topological polar surface area (TPSA) is 81.5 Å². The maximum atomic E-state index is 12.6. The van der Waals surface area contributed by atoms with E-state index in [0.717, 1.165) is 11.5 Å². The molecule has 116 valence electrons. The zero-order valence-electron chi connectivity index (χ0n) is 12.5. The summed E-state index contributed by atoms with van der Waals surface area (Å²) < 4.78 is 33.7. The Bertz CT molecular complexity index is 694. The Balaban J connectivity index is 2.26. The van der Waals surface area contributed by atoms with E-state index in [2.05, 4.69) is 0 Å². The molecule has 0 aliphatic heterocycles. The first kappa shape index (κ1) is 15.8. The van der Waals surface area contributed by atoms with Gasteiger partial charge in [0.2, 0.25) is 10.0 Å². The second-order valence-corrected chi connectivity index (χ2v) is 6.98. The average Bonchev–Trinajstić information content (AvgIpc) is 3.04. The van der Waals surface area contributed by atoms with Gasteiger partial charge in [0.15, 0.2) is 0 Å². The Morgan fingerprint density at radius 1 is 1.38 bits per heavy atom. The Labute approximate surface area is 125 Å². The normalized spacial score (nSPS) is 12.2. The third-order valence-corrected chi connectivity index (χ3v) is 5.16. The van der Waals surface area contributed by atoms with E-state index in [-0.39, 0.29) is 11.4 Å². The van der Waals surface area contributed by atoms with Crippen molar-refractivity contribution in [2.75, 3.05) is 7.05 Å². The quantitative estimate of drug-likeness (QED) is 0.880. The number of furan rings is 1. The van der Waals surface area contributed by atoms with Crippen molar-refractivity contribution < 1.29 is 12.8 Å². The first-order valence-electron chi connectivity index (χ1n) is 6.79. The van der Waals surface area contributed by atoms with Crippen molar-refractivity contribution in [3.8, 4) is 0 Å². The molecule has 6 nitrogen and oxygen atoms in total. The Kier molecular flexibility index (Phi) is 4.55. The van der Waals surface area contributed by atoms with Gasteiger partial charge in [-0.05, 0) is 32.0 Å². The lowest BCUT2D eigenvalue weighted by atomic mass is 10.4. The molecule has 2 heterocycles. The molecule has 0 fully saturated rings. The molecule has 0 atom stereocenters. The van der Waals surface area contributed by atoms with Crippen LogP contribution in [-0.4, -0.2) is 24.3 Å².